The summed E-state index contributed by atoms with van der Waals surface area (Å²) < 4.78 is 2.09. The molecule has 3 heterocycles. The summed E-state index contributed by atoms with van der Waals surface area (Å²) in [5.74, 6) is 0.526. The van der Waals surface area contributed by atoms with Crippen LogP contribution in [0.25, 0.3) is 0 Å². The van der Waals surface area contributed by atoms with Crippen molar-refractivity contribution in [3.63, 3.8) is 0 Å². The molecule has 0 radical (unpaired) electrons. The first-order valence-electron chi connectivity index (χ1n) is 8.49. The lowest BCUT2D eigenvalue weighted by molar-refractivity contribution is -0.121. The average molecular weight is 374 g/mol. The van der Waals surface area contributed by atoms with E-state index < -0.39 is 0 Å². The van der Waals surface area contributed by atoms with E-state index in [1.54, 1.807) is 22.7 Å². The van der Waals surface area contributed by atoms with Crippen LogP contribution in [-0.2, 0) is 11.2 Å². The van der Waals surface area contributed by atoms with Crippen LogP contribution in [0.2, 0.25) is 0 Å². The molecule has 4 nitrogen and oxygen atoms in total. The maximum Gasteiger partial charge on any atom is 0.222 e. The number of carbonyl (C=O) groups is 1. The largest absolute Gasteiger partial charge is 0.356 e. The van der Waals surface area contributed by atoms with Gasteiger partial charge in [0, 0.05) is 30.7 Å². The molecule has 25 heavy (non-hydrogen) atoms. The van der Waals surface area contributed by atoms with Crippen LogP contribution >= 0.6 is 22.7 Å². The number of nitrogens with one attached hydrogen (secondary N) is 1. The van der Waals surface area contributed by atoms with Crippen LogP contribution in [0.15, 0.2) is 46.7 Å². The van der Waals surface area contributed by atoms with Crippen molar-refractivity contribution >= 4 is 28.6 Å². The molecule has 1 amide bonds. The van der Waals surface area contributed by atoms with Crippen LogP contribution in [0.5, 0.6) is 0 Å². The SMILES string of the molecule is CC(C)c1csc(CCNC(=O)C[C@@H](c2ccsc2)n2cccc2)n1. The van der Waals surface area contributed by atoms with Crippen molar-refractivity contribution < 1.29 is 4.79 Å². The second-order valence-electron chi connectivity index (χ2n) is 6.33. The minimum Gasteiger partial charge on any atom is -0.356 e. The van der Waals surface area contributed by atoms with Crippen LogP contribution < -0.4 is 5.32 Å². The van der Waals surface area contributed by atoms with Gasteiger partial charge in [0.05, 0.1) is 23.2 Å². The van der Waals surface area contributed by atoms with Crippen LogP contribution in [-0.4, -0.2) is 22.0 Å². The van der Waals surface area contributed by atoms with Crippen LogP contribution in [0, 0.1) is 0 Å². The number of carbonyl (C=O) groups excluding carboxylic acids is 1. The molecule has 0 aliphatic heterocycles. The van der Waals surface area contributed by atoms with E-state index >= 15 is 0 Å². The maximum absolute atomic E-state index is 12.4. The third-order valence-electron chi connectivity index (χ3n) is 4.12. The smallest absolute Gasteiger partial charge is 0.222 e. The average Bonchev–Trinajstić information content (AvgIpc) is 3.33. The highest BCUT2D eigenvalue weighted by molar-refractivity contribution is 7.09. The highest BCUT2D eigenvalue weighted by Crippen LogP contribution is 2.24. The van der Waals surface area contributed by atoms with Gasteiger partial charge in [0.1, 0.15) is 0 Å². The molecular weight excluding hydrogens is 350 g/mol. The van der Waals surface area contributed by atoms with Crippen molar-refractivity contribution in [3.05, 3.63) is 63.0 Å². The van der Waals surface area contributed by atoms with Crippen molar-refractivity contribution in [2.45, 2.75) is 38.6 Å². The first-order valence-corrected chi connectivity index (χ1v) is 10.3. The lowest BCUT2D eigenvalue weighted by Gasteiger charge is -2.17. The predicted molar refractivity (Wildman–Crippen MR) is 104 cm³/mol. The van der Waals surface area contributed by atoms with E-state index in [9.17, 15) is 4.79 Å². The summed E-state index contributed by atoms with van der Waals surface area (Å²) in [5.41, 5.74) is 2.31. The summed E-state index contributed by atoms with van der Waals surface area (Å²) in [6.45, 7) is 4.92. The van der Waals surface area contributed by atoms with Crippen molar-refractivity contribution in [1.29, 1.82) is 0 Å². The van der Waals surface area contributed by atoms with Gasteiger partial charge in [-0.3, -0.25) is 4.79 Å². The topological polar surface area (TPSA) is 46.9 Å². The number of nitrogens with zero attached hydrogens (tertiary/aromatic N) is 2. The van der Waals surface area contributed by atoms with Crippen molar-refractivity contribution in [2.24, 2.45) is 0 Å². The molecule has 0 saturated heterocycles. The number of hydrogen-bond acceptors (Lipinski definition) is 4. The van der Waals surface area contributed by atoms with Gasteiger partial charge in [-0.05, 0) is 40.4 Å². The number of rotatable bonds is 8. The predicted octanol–water partition coefficient (Wildman–Crippen LogP) is 4.47. The quantitative estimate of drug-likeness (QED) is 0.633. The molecule has 0 spiro atoms. The van der Waals surface area contributed by atoms with Gasteiger partial charge in [-0.25, -0.2) is 4.98 Å². The molecule has 1 N–H and O–H groups in total. The van der Waals surface area contributed by atoms with E-state index in [0.29, 0.717) is 18.9 Å². The van der Waals surface area contributed by atoms with Gasteiger partial charge < -0.3 is 9.88 Å². The summed E-state index contributed by atoms with van der Waals surface area (Å²) in [6, 6.07) is 6.12. The second kappa shape index (κ2) is 8.45. The third kappa shape index (κ3) is 4.80. The van der Waals surface area contributed by atoms with Gasteiger partial charge >= 0.3 is 0 Å². The van der Waals surface area contributed by atoms with Gasteiger partial charge in [0.15, 0.2) is 0 Å². The molecule has 3 aromatic rings. The van der Waals surface area contributed by atoms with Crippen molar-refractivity contribution in [3.8, 4) is 0 Å². The normalized spacial score (nSPS) is 12.4. The zero-order valence-electron chi connectivity index (χ0n) is 14.5. The van der Waals surface area contributed by atoms with Crippen LogP contribution in [0.1, 0.15) is 48.5 Å². The van der Waals surface area contributed by atoms with E-state index in [1.807, 2.05) is 24.5 Å². The van der Waals surface area contributed by atoms with Crippen molar-refractivity contribution in [2.75, 3.05) is 6.54 Å². The van der Waals surface area contributed by atoms with E-state index in [1.165, 1.54) is 5.56 Å². The summed E-state index contributed by atoms with van der Waals surface area (Å²) in [7, 11) is 0. The monoisotopic (exact) mass is 373 g/mol. The first-order chi connectivity index (χ1) is 12.1. The summed E-state index contributed by atoms with van der Waals surface area (Å²) >= 11 is 3.33. The Bertz CT molecular complexity index is 741. The molecule has 3 rings (SSSR count). The molecule has 0 aliphatic rings. The van der Waals surface area contributed by atoms with Crippen molar-refractivity contribution in [1.82, 2.24) is 14.9 Å². The van der Waals surface area contributed by atoms with Gasteiger partial charge in [0.25, 0.3) is 0 Å². The zero-order valence-corrected chi connectivity index (χ0v) is 16.1. The maximum atomic E-state index is 12.4. The molecule has 132 valence electrons. The molecule has 0 aliphatic carbocycles. The molecule has 1 atom stereocenters. The fraction of sp³-hybridized carbons (Fsp3) is 0.368. The molecule has 6 heteroatoms. The minimum absolute atomic E-state index is 0.0497. The summed E-state index contributed by atoms with van der Waals surface area (Å²) in [5, 5.41) is 10.4. The minimum atomic E-state index is 0.0497. The Kier molecular flexibility index (Phi) is 6.04. The molecule has 3 aromatic heterocycles. The zero-order chi connectivity index (χ0) is 17.6. The number of hydrogen-bond donors (Lipinski definition) is 1. The van der Waals surface area contributed by atoms with Gasteiger partial charge in [-0.2, -0.15) is 11.3 Å². The second-order valence-corrected chi connectivity index (χ2v) is 8.05. The molecule has 0 bridgehead atoms. The molecular formula is C19H23N3OS2. The van der Waals surface area contributed by atoms with Gasteiger partial charge in [-0.15, -0.1) is 11.3 Å². The van der Waals surface area contributed by atoms with E-state index in [2.05, 4.69) is 50.9 Å². The fourth-order valence-electron chi connectivity index (χ4n) is 2.68. The highest BCUT2D eigenvalue weighted by atomic mass is 32.1. The molecule has 0 saturated carbocycles. The highest BCUT2D eigenvalue weighted by Gasteiger charge is 2.17. The first kappa shape index (κ1) is 17.9. The van der Waals surface area contributed by atoms with E-state index in [4.69, 9.17) is 0 Å². The Morgan fingerprint density at radius 2 is 2.08 bits per heavy atom. The Morgan fingerprint density at radius 1 is 1.28 bits per heavy atom. The lowest BCUT2D eigenvalue weighted by atomic mass is 10.1. The summed E-state index contributed by atoms with van der Waals surface area (Å²) in [6.07, 6.45) is 5.26. The van der Waals surface area contributed by atoms with Gasteiger partial charge in [0.2, 0.25) is 5.91 Å². The lowest BCUT2D eigenvalue weighted by Crippen LogP contribution is -2.28. The van der Waals surface area contributed by atoms with Crippen LogP contribution in [0.3, 0.4) is 0 Å². The molecule has 0 unspecified atom stereocenters. The molecule has 0 aromatic carbocycles. The van der Waals surface area contributed by atoms with Gasteiger partial charge in [-0.1, -0.05) is 13.8 Å². The van der Waals surface area contributed by atoms with E-state index in [0.717, 1.165) is 17.1 Å². The molecule has 0 fully saturated rings. The third-order valence-corrected chi connectivity index (χ3v) is 5.74. The number of thiophene rings is 1. The Morgan fingerprint density at radius 3 is 2.72 bits per heavy atom. The number of aromatic nitrogens is 2. The van der Waals surface area contributed by atoms with E-state index in [-0.39, 0.29) is 11.9 Å². The fourth-order valence-corrected chi connectivity index (χ4v) is 4.34. The number of amides is 1. The Labute approximate surface area is 156 Å². The standard InChI is InChI=1S/C19H23N3OS2/c1-14(2)16-13-25-19(21-16)5-7-20-18(23)11-17(15-6-10-24-12-15)22-8-3-4-9-22/h3-4,6,8-10,12-14,17H,5,7,11H2,1-2H3,(H,20,23)/t17-/m0/s1. The summed E-state index contributed by atoms with van der Waals surface area (Å²) in [4.78, 5) is 17.0. The Balaban J connectivity index is 1.53. The number of thiazole rings is 1. The Hall–Kier alpha value is -1.92. The van der Waals surface area contributed by atoms with Crippen LogP contribution in [0.4, 0.5) is 0 Å².